The number of hydrogen-bond donors (Lipinski definition) is 1. The normalized spacial score (nSPS) is 11.0. The van der Waals surface area contributed by atoms with E-state index in [1.807, 2.05) is 56.3 Å². The minimum Gasteiger partial charge on any atom is -0.436 e. The Kier molecular flexibility index (Phi) is 4.88. The van der Waals surface area contributed by atoms with Gasteiger partial charge in [-0.25, -0.2) is 4.98 Å². The van der Waals surface area contributed by atoms with Gasteiger partial charge in [-0.15, -0.1) is 0 Å². The fraction of sp³-hybridized carbons (Fsp3) is 0.130. The first kappa shape index (κ1) is 18.3. The van der Waals surface area contributed by atoms with Crippen LogP contribution in [0.2, 0.25) is 5.02 Å². The maximum Gasteiger partial charge on any atom is 0.228 e. The molecule has 28 heavy (non-hydrogen) atoms. The number of oxazole rings is 1. The maximum atomic E-state index is 12.3. The van der Waals surface area contributed by atoms with Crippen molar-refractivity contribution in [2.45, 2.75) is 20.3 Å². The molecule has 0 aliphatic heterocycles. The molecule has 0 saturated carbocycles. The van der Waals surface area contributed by atoms with Gasteiger partial charge in [0.2, 0.25) is 11.8 Å². The molecular formula is C23H19ClN2O2. The van der Waals surface area contributed by atoms with Crippen molar-refractivity contribution in [1.82, 2.24) is 4.98 Å². The van der Waals surface area contributed by atoms with Gasteiger partial charge in [-0.05, 0) is 61.9 Å². The van der Waals surface area contributed by atoms with E-state index in [1.165, 1.54) is 0 Å². The second-order valence-electron chi connectivity index (χ2n) is 6.93. The standard InChI is InChI=1S/C23H19ClN2O2/c1-14-9-15(2)11-17(10-14)23-26-20-13-19(7-8-21(20)28-23)25-22(27)12-16-3-5-18(24)6-4-16/h3-11,13H,12H2,1-2H3,(H,25,27). The van der Waals surface area contributed by atoms with Gasteiger partial charge in [0.25, 0.3) is 0 Å². The smallest absolute Gasteiger partial charge is 0.228 e. The predicted molar refractivity (Wildman–Crippen MR) is 113 cm³/mol. The summed E-state index contributed by atoms with van der Waals surface area (Å²) in [5.41, 5.74) is 6.25. The Labute approximate surface area is 168 Å². The Morgan fingerprint density at radius 1 is 1.00 bits per heavy atom. The SMILES string of the molecule is Cc1cc(C)cc(-c2nc3cc(NC(=O)Cc4ccc(Cl)cc4)ccc3o2)c1. The van der Waals surface area contributed by atoms with Gasteiger partial charge in [-0.2, -0.15) is 0 Å². The molecule has 0 atom stereocenters. The van der Waals surface area contributed by atoms with Crippen molar-refractivity contribution in [2.24, 2.45) is 0 Å². The number of fused-ring (bicyclic) bond motifs is 1. The summed E-state index contributed by atoms with van der Waals surface area (Å²) in [4.78, 5) is 16.9. The zero-order valence-electron chi connectivity index (χ0n) is 15.6. The lowest BCUT2D eigenvalue weighted by Gasteiger charge is -2.05. The Balaban J connectivity index is 1.54. The molecule has 0 unspecified atom stereocenters. The fourth-order valence-corrected chi connectivity index (χ4v) is 3.35. The van der Waals surface area contributed by atoms with Crippen molar-refractivity contribution in [3.05, 3.63) is 82.4 Å². The summed E-state index contributed by atoms with van der Waals surface area (Å²) in [5, 5.41) is 3.56. The van der Waals surface area contributed by atoms with E-state index < -0.39 is 0 Å². The summed E-state index contributed by atoms with van der Waals surface area (Å²) < 4.78 is 5.89. The van der Waals surface area contributed by atoms with Gasteiger partial charge in [-0.1, -0.05) is 40.9 Å². The number of rotatable bonds is 4. The van der Waals surface area contributed by atoms with Gasteiger partial charge >= 0.3 is 0 Å². The molecule has 3 aromatic carbocycles. The van der Waals surface area contributed by atoms with Crippen LogP contribution in [0.4, 0.5) is 5.69 Å². The van der Waals surface area contributed by atoms with Gasteiger partial charge in [0, 0.05) is 16.3 Å². The number of hydrogen-bond acceptors (Lipinski definition) is 3. The van der Waals surface area contributed by atoms with Crippen LogP contribution >= 0.6 is 11.6 Å². The fourth-order valence-electron chi connectivity index (χ4n) is 3.22. The third-order valence-electron chi connectivity index (χ3n) is 4.42. The summed E-state index contributed by atoms with van der Waals surface area (Å²) in [7, 11) is 0. The van der Waals surface area contributed by atoms with Crippen LogP contribution in [0.15, 0.2) is 65.1 Å². The summed E-state index contributed by atoms with van der Waals surface area (Å²) in [6.07, 6.45) is 0.280. The van der Waals surface area contributed by atoms with Crippen LogP contribution in [-0.2, 0) is 11.2 Å². The monoisotopic (exact) mass is 390 g/mol. The first-order valence-corrected chi connectivity index (χ1v) is 9.38. The minimum absolute atomic E-state index is 0.0975. The third kappa shape index (κ3) is 4.07. The summed E-state index contributed by atoms with van der Waals surface area (Å²) in [6, 6.07) is 18.9. The number of nitrogens with one attached hydrogen (secondary N) is 1. The highest BCUT2D eigenvalue weighted by Gasteiger charge is 2.11. The third-order valence-corrected chi connectivity index (χ3v) is 4.67. The Bertz CT molecular complexity index is 1140. The van der Waals surface area contributed by atoms with Crippen molar-refractivity contribution in [3.8, 4) is 11.5 Å². The van der Waals surface area contributed by atoms with Crippen LogP contribution in [0.25, 0.3) is 22.6 Å². The van der Waals surface area contributed by atoms with E-state index in [2.05, 4.69) is 16.4 Å². The quantitative estimate of drug-likeness (QED) is 0.468. The molecule has 0 fully saturated rings. The van der Waals surface area contributed by atoms with Crippen LogP contribution in [0.3, 0.4) is 0 Å². The molecule has 0 bridgehead atoms. The van der Waals surface area contributed by atoms with Crippen LogP contribution < -0.4 is 5.32 Å². The summed E-state index contributed by atoms with van der Waals surface area (Å²) in [6.45, 7) is 4.10. The number of halogens is 1. The number of carbonyl (C=O) groups excluding carboxylic acids is 1. The van der Waals surface area contributed by atoms with Crippen molar-refractivity contribution in [3.63, 3.8) is 0 Å². The molecule has 140 valence electrons. The van der Waals surface area contributed by atoms with Crippen molar-refractivity contribution in [2.75, 3.05) is 5.32 Å². The van der Waals surface area contributed by atoms with Crippen molar-refractivity contribution in [1.29, 1.82) is 0 Å². The molecule has 0 spiro atoms. The lowest BCUT2D eigenvalue weighted by molar-refractivity contribution is -0.115. The number of amides is 1. The zero-order valence-corrected chi connectivity index (χ0v) is 16.4. The highest BCUT2D eigenvalue weighted by molar-refractivity contribution is 6.30. The largest absolute Gasteiger partial charge is 0.436 e. The average molecular weight is 391 g/mol. The average Bonchev–Trinajstić information content (AvgIpc) is 3.06. The highest BCUT2D eigenvalue weighted by Crippen LogP contribution is 2.27. The first-order valence-electron chi connectivity index (χ1n) is 9.00. The van der Waals surface area contributed by atoms with Gasteiger partial charge in [0.15, 0.2) is 5.58 Å². The second kappa shape index (κ2) is 7.49. The van der Waals surface area contributed by atoms with Crippen LogP contribution in [0, 0.1) is 13.8 Å². The molecule has 1 heterocycles. The number of anilines is 1. The number of aryl methyl sites for hydroxylation is 2. The number of carbonyl (C=O) groups is 1. The van der Waals surface area contributed by atoms with E-state index in [0.717, 1.165) is 22.3 Å². The van der Waals surface area contributed by atoms with E-state index in [9.17, 15) is 4.79 Å². The van der Waals surface area contributed by atoms with Gasteiger partial charge < -0.3 is 9.73 Å². The van der Waals surface area contributed by atoms with E-state index >= 15 is 0 Å². The van der Waals surface area contributed by atoms with Crippen molar-refractivity contribution >= 4 is 34.3 Å². The zero-order chi connectivity index (χ0) is 19.7. The lowest BCUT2D eigenvalue weighted by atomic mass is 10.1. The molecule has 1 amide bonds. The molecule has 1 N–H and O–H groups in total. The van der Waals surface area contributed by atoms with Gasteiger partial charge in [-0.3, -0.25) is 4.79 Å². The van der Waals surface area contributed by atoms with Crippen LogP contribution in [0.5, 0.6) is 0 Å². The van der Waals surface area contributed by atoms with Crippen LogP contribution in [-0.4, -0.2) is 10.9 Å². The molecule has 1 aromatic heterocycles. The number of benzene rings is 3. The molecule has 0 aliphatic rings. The number of aromatic nitrogens is 1. The van der Waals surface area contributed by atoms with E-state index in [0.29, 0.717) is 27.7 Å². The highest BCUT2D eigenvalue weighted by atomic mass is 35.5. The Morgan fingerprint density at radius 3 is 2.43 bits per heavy atom. The van der Waals surface area contributed by atoms with E-state index in [1.54, 1.807) is 12.1 Å². The van der Waals surface area contributed by atoms with Crippen molar-refractivity contribution < 1.29 is 9.21 Å². The molecule has 0 saturated heterocycles. The summed E-state index contributed by atoms with van der Waals surface area (Å²) in [5.74, 6) is 0.478. The molecule has 4 nitrogen and oxygen atoms in total. The topological polar surface area (TPSA) is 55.1 Å². The van der Waals surface area contributed by atoms with Crippen LogP contribution in [0.1, 0.15) is 16.7 Å². The summed E-state index contributed by atoms with van der Waals surface area (Å²) >= 11 is 5.88. The molecule has 0 radical (unpaired) electrons. The molecule has 4 rings (SSSR count). The lowest BCUT2D eigenvalue weighted by Crippen LogP contribution is -2.14. The van der Waals surface area contributed by atoms with E-state index in [-0.39, 0.29) is 12.3 Å². The maximum absolute atomic E-state index is 12.3. The molecule has 5 heteroatoms. The molecule has 0 aliphatic carbocycles. The second-order valence-corrected chi connectivity index (χ2v) is 7.37. The Morgan fingerprint density at radius 2 is 1.71 bits per heavy atom. The van der Waals surface area contributed by atoms with Gasteiger partial charge in [0.05, 0.1) is 6.42 Å². The Hall–Kier alpha value is -3.11. The van der Waals surface area contributed by atoms with Gasteiger partial charge in [0.1, 0.15) is 5.52 Å². The first-order chi connectivity index (χ1) is 13.5. The number of nitrogens with zero attached hydrogens (tertiary/aromatic N) is 1. The molecular weight excluding hydrogens is 372 g/mol. The predicted octanol–water partition coefficient (Wildman–Crippen LogP) is 5.95. The minimum atomic E-state index is -0.0975. The van der Waals surface area contributed by atoms with E-state index in [4.69, 9.17) is 16.0 Å². The molecule has 4 aromatic rings.